The number of anilines is 3. The van der Waals surface area contributed by atoms with E-state index in [0.29, 0.717) is 35.7 Å². The van der Waals surface area contributed by atoms with Gasteiger partial charge in [-0.05, 0) is 56.0 Å². The second kappa shape index (κ2) is 11.1. The molecular formula is C28H32N4O6S. The smallest absolute Gasteiger partial charge is 0.264 e. The number of sulfonamides is 1. The lowest BCUT2D eigenvalue weighted by Gasteiger charge is -2.23. The van der Waals surface area contributed by atoms with Gasteiger partial charge in [0.05, 0.1) is 30.3 Å². The minimum atomic E-state index is -4.05. The number of para-hydroxylation sites is 2. The maximum absolute atomic E-state index is 13.6. The maximum atomic E-state index is 13.6. The van der Waals surface area contributed by atoms with Crippen LogP contribution in [-0.4, -0.2) is 57.8 Å². The molecule has 0 saturated carbocycles. The molecular weight excluding hydrogens is 520 g/mol. The molecule has 2 aromatic carbocycles. The van der Waals surface area contributed by atoms with Crippen LogP contribution in [0.3, 0.4) is 0 Å². The van der Waals surface area contributed by atoms with E-state index >= 15 is 0 Å². The first-order valence-corrected chi connectivity index (χ1v) is 14.6. The normalized spacial score (nSPS) is 20.7. The third-order valence-corrected chi connectivity index (χ3v) is 8.89. The minimum Gasteiger partial charge on any atom is -0.495 e. The van der Waals surface area contributed by atoms with Crippen LogP contribution in [-0.2, 0) is 24.4 Å². The molecule has 3 aliphatic rings. The van der Waals surface area contributed by atoms with Gasteiger partial charge in [-0.1, -0.05) is 24.3 Å². The zero-order valence-corrected chi connectivity index (χ0v) is 22.6. The summed E-state index contributed by atoms with van der Waals surface area (Å²) in [5.41, 5.74) is 1.16. The highest BCUT2D eigenvalue weighted by molar-refractivity contribution is 7.93. The average Bonchev–Trinajstić information content (AvgIpc) is 3.55. The lowest BCUT2D eigenvalue weighted by Crippen LogP contribution is -2.34. The molecule has 0 spiro atoms. The monoisotopic (exact) mass is 552 g/mol. The first kappa shape index (κ1) is 26.7. The Bertz CT molecular complexity index is 1390. The summed E-state index contributed by atoms with van der Waals surface area (Å²) in [6, 6.07) is 11.5. The topological polar surface area (TPSA) is 125 Å². The van der Waals surface area contributed by atoms with Crippen LogP contribution in [0.5, 0.6) is 5.75 Å². The van der Waals surface area contributed by atoms with Gasteiger partial charge >= 0.3 is 0 Å². The van der Waals surface area contributed by atoms with Crippen LogP contribution in [0.4, 0.5) is 17.1 Å². The van der Waals surface area contributed by atoms with Gasteiger partial charge in [0.25, 0.3) is 10.0 Å². The van der Waals surface area contributed by atoms with Gasteiger partial charge in [-0.3, -0.25) is 24.0 Å². The molecule has 2 fully saturated rings. The molecule has 2 N–H and O–H groups in total. The van der Waals surface area contributed by atoms with Gasteiger partial charge in [-0.25, -0.2) is 8.42 Å². The summed E-state index contributed by atoms with van der Waals surface area (Å²) in [6.07, 6.45) is 6.77. The first-order chi connectivity index (χ1) is 18.8. The van der Waals surface area contributed by atoms with Crippen molar-refractivity contribution in [3.05, 3.63) is 54.6 Å². The molecule has 0 bridgehead atoms. The van der Waals surface area contributed by atoms with Crippen LogP contribution in [0.25, 0.3) is 0 Å². The van der Waals surface area contributed by atoms with Crippen molar-refractivity contribution in [3.63, 3.8) is 0 Å². The van der Waals surface area contributed by atoms with Crippen molar-refractivity contribution in [2.45, 2.75) is 37.0 Å². The third kappa shape index (κ3) is 5.49. The summed E-state index contributed by atoms with van der Waals surface area (Å²) >= 11 is 0. The molecule has 206 valence electrons. The molecule has 39 heavy (non-hydrogen) atoms. The maximum Gasteiger partial charge on any atom is 0.264 e. The number of nitrogens with one attached hydrogen (secondary N) is 2. The van der Waals surface area contributed by atoms with Gasteiger partial charge in [0.15, 0.2) is 0 Å². The molecule has 3 amide bonds. The summed E-state index contributed by atoms with van der Waals surface area (Å²) in [5.74, 6) is -1.17. The second-order valence-corrected chi connectivity index (χ2v) is 11.6. The summed E-state index contributed by atoms with van der Waals surface area (Å²) < 4.78 is 35.1. The van der Waals surface area contributed by atoms with Gasteiger partial charge in [0.2, 0.25) is 17.7 Å². The predicted molar refractivity (Wildman–Crippen MR) is 147 cm³/mol. The molecule has 2 aliphatic heterocycles. The van der Waals surface area contributed by atoms with E-state index in [0.717, 1.165) is 25.9 Å². The average molecular weight is 553 g/mol. The van der Waals surface area contributed by atoms with Crippen molar-refractivity contribution >= 4 is 44.8 Å². The Morgan fingerprint density at radius 2 is 1.67 bits per heavy atom. The molecule has 2 atom stereocenters. The number of methoxy groups -OCH3 is 1. The molecule has 2 heterocycles. The number of allylic oxidation sites excluding steroid dienone is 2. The van der Waals surface area contributed by atoms with E-state index in [1.54, 1.807) is 36.4 Å². The summed E-state index contributed by atoms with van der Waals surface area (Å²) in [4.78, 5) is 41.4. The quantitative estimate of drug-likeness (QED) is 0.361. The van der Waals surface area contributed by atoms with Gasteiger partial charge in [-0.2, -0.15) is 0 Å². The van der Waals surface area contributed by atoms with Crippen LogP contribution in [0.1, 0.15) is 32.1 Å². The Kier molecular flexibility index (Phi) is 7.60. The standard InChI is InChI=1S/C28H32N4O6S/c1-38-24-11-5-4-10-22(24)30-39(36,37)25-18-19(12-13-23(25)31-15-6-7-16-31)29-26(33)14-17-32-27(34)20-8-2-3-9-21(20)28(32)35/h2-5,10-13,18,20-21,30H,6-9,14-17H2,1H3,(H,29,33)/t20-,21-/m1/s1. The van der Waals surface area contributed by atoms with E-state index in [1.165, 1.54) is 18.1 Å². The largest absolute Gasteiger partial charge is 0.495 e. The number of ether oxygens (including phenoxy) is 1. The Hall–Kier alpha value is -3.86. The van der Waals surface area contributed by atoms with Crippen LogP contribution in [0.2, 0.25) is 0 Å². The first-order valence-electron chi connectivity index (χ1n) is 13.1. The molecule has 5 rings (SSSR count). The van der Waals surface area contributed by atoms with E-state index in [-0.39, 0.29) is 41.5 Å². The molecule has 2 saturated heterocycles. The highest BCUT2D eigenvalue weighted by atomic mass is 32.2. The van der Waals surface area contributed by atoms with Gasteiger partial charge in [0.1, 0.15) is 10.6 Å². The SMILES string of the molecule is COc1ccccc1NS(=O)(=O)c1cc(NC(=O)CCN2C(=O)[C@@H]3CC=CC[C@H]3C2=O)ccc1N1CCCC1. The fraction of sp³-hybridized carbons (Fsp3) is 0.393. The second-order valence-electron chi connectivity index (χ2n) is 9.96. The van der Waals surface area contributed by atoms with Crippen molar-refractivity contribution in [2.75, 3.05) is 41.7 Å². The summed E-state index contributed by atoms with van der Waals surface area (Å²) in [5, 5.41) is 2.74. The fourth-order valence-electron chi connectivity index (χ4n) is 5.48. The number of benzene rings is 2. The van der Waals surface area contributed by atoms with Gasteiger partial charge in [0, 0.05) is 31.7 Å². The number of hydrogen-bond donors (Lipinski definition) is 2. The van der Waals surface area contributed by atoms with Crippen LogP contribution < -0.4 is 19.7 Å². The highest BCUT2D eigenvalue weighted by Gasteiger charge is 2.46. The fourth-order valence-corrected chi connectivity index (χ4v) is 6.80. The predicted octanol–water partition coefficient (Wildman–Crippen LogP) is 3.38. The highest BCUT2D eigenvalue weighted by Crippen LogP contribution is 2.36. The third-order valence-electron chi connectivity index (χ3n) is 7.49. The van der Waals surface area contributed by atoms with Crippen molar-refractivity contribution in [1.29, 1.82) is 0 Å². The van der Waals surface area contributed by atoms with E-state index in [9.17, 15) is 22.8 Å². The zero-order valence-electron chi connectivity index (χ0n) is 21.8. The minimum absolute atomic E-state index is 0.0110. The van der Waals surface area contributed by atoms with Crippen LogP contribution >= 0.6 is 0 Å². The van der Waals surface area contributed by atoms with Gasteiger partial charge in [-0.15, -0.1) is 0 Å². The zero-order chi connectivity index (χ0) is 27.6. The molecule has 0 radical (unpaired) electrons. The number of carbonyl (C=O) groups excluding carboxylic acids is 3. The number of carbonyl (C=O) groups is 3. The van der Waals surface area contributed by atoms with E-state index in [2.05, 4.69) is 10.0 Å². The van der Waals surface area contributed by atoms with Crippen molar-refractivity contribution < 1.29 is 27.5 Å². The summed E-state index contributed by atoms with van der Waals surface area (Å²) in [7, 11) is -2.59. The molecule has 11 heteroatoms. The number of hydrogen-bond acceptors (Lipinski definition) is 7. The van der Waals surface area contributed by atoms with Crippen LogP contribution in [0.15, 0.2) is 59.5 Å². The Labute approximate surface area is 228 Å². The summed E-state index contributed by atoms with van der Waals surface area (Å²) in [6.45, 7) is 1.46. The molecule has 2 aromatic rings. The Morgan fingerprint density at radius 1 is 1.00 bits per heavy atom. The number of likely N-dealkylation sites (tertiary alicyclic amines) is 1. The van der Waals surface area contributed by atoms with Crippen molar-refractivity contribution in [3.8, 4) is 5.75 Å². The van der Waals surface area contributed by atoms with Gasteiger partial charge < -0.3 is 15.0 Å². The lowest BCUT2D eigenvalue weighted by atomic mass is 9.85. The van der Waals surface area contributed by atoms with E-state index in [1.807, 2.05) is 17.1 Å². The molecule has 10 nitrogen and oxygen atoms in total. The van der Waals surface area contributed by atoms with Crippen molar-refractivity contribution in [1.82, 2.24) is 4.90 Å². The van der Waals surface area contributed by atoms with Crippen LogP contribution in [0, 0.1) is 11.8 Å². The molecule has 1 aliphatic carbocycles. The molecule has 0 aromatic heterocycles. The number of imide groups is 1. The number of amides is 3. The Balaban J connectivity index is 1.33. The number of fused-ring (bicyclic) bond motifs is 1. The lowest BCUT2D eigenvalue weighted by molar-refractivity contribution is -0.140. The number of nitrogens with zero attached hydrogens (tertiary/aromatic N) is 2. The number of rotatable bonds is 9. The Morgan fingerprint density at radius 3 is 2.33 bits per heavy atom. The van der Waals surface area contributed by atoms with Crippen molar-refractivity contribution in [2.24, 2.45) is 11.8 Å². The molecule has 0 unspecified atom stereocenters. The van der Waals surface area contributed by atoms with E-state index < -0.39 is 15.9 Å². The van der Waals surface area contributed by atoms with E-state index in [4.69, 9.17) is 4.74 Å².